The molecule has 3 rings (SSSR count). The minimum absolute atomic E-state index is 0.614. The number of hydrogen-bond donors (Lipinski definition) is 1. The molecule has 1 aliphatic rings. The Morgan fingerprint density at radius 3 is 2.92 bits per heavy atom. The van der Waals surface area contributed by atoms with Gasteiger partial charge in [0.25, 0.3) is 0 Å². The molecule has 1 fully saturated rings. The number of aromatic nitrogens is 1. The van der Waals surface area contributed by atoms with Gasteiger partial charge in [-0.1, -0.05) is 30.3 Å². The fraction of sp³-hybridized carbons (Fsp3) is 0.474. The van der Waals surface area contributed by atoms with Crippen LogP contribution in [0.2, 0.25) is 0 Å². The third kappa shape index (κ3) is 4.35. The lowest BCUT2D eigenvalue weighted by atomic mass is 9.99. The lowest BCUT2D eigenvalue weighted by Gasteiger charge is -2.21. The maximum Gasteiger partial charge on any atom is 0.193 e. The maximum absolute atomic E-state index is 4.52. The number of nitrogens with one attached hydrogen (secondary N) is 1. The zero-order valence-electron chi connectivity index (χ0n) is 14.5. The highest BCUT2D eigenvalue weighted by Crippen LogP contribution is 2.26. The van der Waals surface area contributed by atoms with Crippen molar-refractivity contribution in [2.24, 2.45) is 4.99 Å². The van der Waals surface area contributed by atoms with Crippen LogP contribution in [0.1, 0.15) is 35.0 Å². The molecule has 1 saturated heterocycles. The Bertz CT molecular complexity index is 665. The number of aliphatic imine (C=N–C) groups is 1. The van der Waals surface area contributed by atoms with Gasteiger partial charge in [-0.3, -0.25) is 4.99 Å². The predicted molar refractivity (Wildman–Crippen MR) is 102 cm³/mol. The topological polar surface area (TPSA) is 40.5 Å². The van der Waals surface area contributed by atoms with E-state index >= 15 is 0 Å². The second-order valence-electron chi connectivity index (χ2n) is 6.30. The normalized spacial score (nSPS) is 18.2. The van der Waals surface area contributed by atoms with E-state index in [4.69, 9.17) is 0 Å². The first-order valence-electron chi connectivity index (χ1n) is 8.68. The lowest BCUT2D eigenvalue weighted by molar-refractivity contribution is 0.485. The molecule has 128 valence electrons. The number of likely N-dealkylation sites (tertiary alicyclic amines) is 1. The molecule has 0 aliphatic carbocycles. The van der Waals surface area contributed by atoms with Gasteiger partial charge in [-0.25, -0.2) is 4.98 Å². The van der Waals surface area contributed by atoms with Crippen LogP contribution >= 0.6 is 11.3 Å². The molecule has 24 heavy (non-hydrogen) atoms. The Hall–Kier alpha value is -1.88. The van der Waals surface area contributed by atoms with Gasteiger partial charge in [-0.2, -0.15) is 0 Å². The molecule has 0 bridgehead atoms. The molecule has 1 aliphatic heterocycles. The summed E-state index contributed by atoms with van der Waals surface area (Å²) in [5.74, 6) is 1.65. The number of rotatable bonds is 5. The van der Waals surface area contributed by atoms with Crippen LogP contribution in [0.15, 0.2) is 40.7 Å². The number of aryl methyl sites for hydroxylation is 2. The van der Waals surface area contributed by atoms with Gasteiger partial charge in [0, 0.05) is 50.1 Å². The Morgan fingerprint density at radius 1 is 1.38 bits per heavy atom. The Labute approximate surface area is 148 Å². The molecule has 5 heteroatoms. The summed E-state index contributed by atoms with van der Waals surface area (Å²) in [5, 5.41) is 6.86. The summed E-state index contributed by atoms with van der Waals surface area (Å²) in [6.45, 7) is 5.12. The standard InChI is InChI=1S/C19H26N4S/c1-15-14-24-18(22-15)9-6-11-21-19(20-2)23-12-10-17(13-23)16-7-4-3-5-8-16/h3-5,7-8,14,17H,6,9-13H2,1-2H3,(H,20,21). The molecule has 0 saturated carbocycles. The highest BCUT2D eigenvalue weighted by molar-refractivity contribution is 7.09. The van der Waals surface area contributed by atoms with Gasteiger partial charge >= 0.3 is 0 Å². The van der Waals surface area contributed by atoms with E-state index in [1.807, 2.05) is 7.05 Å². The van der Waals surface area contributed by atoms with Crippen LogP contribution in [0, 0.1) is 6.92 Å². The quantitative estimate of drug-likeness (QED) is 0.514. The highest BCUT2D eigenvalue weighted by atomic mass is 32.1. The first-order chi connectivity index (χ1) is 11.8. The Balaban J connectivity index is 1.45. The largest absolute Gasteiger partial charge is 0.356 e. The summed E-state index contributed by atoms with van der Waals surface area (Å²) < 4.78 is 0. The summed E-state index contributed by atoms with van der Waals surface area (Å²) in [6, 6.07) is 10.8. The van der Waals surface area contributed by atoms with Crippen LogP contribution in [0.3, 0.4) is 0 Å². The maximum atomic E-state index is 4.52. The molecule has 4 nitrogen and oxygen atoms in total. The van der Waals surface area contributed by atoms with Crippen molar-refractivity contribution in [3.05, 3.63) is 52.0 Å². The van der Waals surface area contributed by atoms with Gasteiger partial charge in [0.05, 0.1) is 5.01 Å². The first-order valence-corrected chi connectivity index (χ1v) is 9.56. The van der Waals surface area contributed by atoms with Crippen molar-refractivity contribution in [2.75, 3.05) is 26.7 Å². The van der Waals surface area contributed by atoms with Crippen molar-refractivity contribution in [3.63, 3.8) is 0 Å². The first kappa shape index (κ1) is 17.0. The summed E-state index contributed by atoms with van der Waals surface area (Å²) in [6.07, 6.45) is 3.32. The number of hydrogen-bond acceptors (Lipinski definition) is 3. The van der Waals surface area contributed by atoms with E-state index in [2.05, 4.69) is 62.8 Å². The van der Waals surface area contributed by atoms with Gasteiger partial charge in [-0.15, -0.1) is 11.3 Å². The molecule has 0 spiro atoms. The monoisotopic (exact) mass is 342 g/mol. The van der Waals surface area contributed by atoms with E-state index in [1.165, 1.54) is 17.0 Å². The SMILES string of the molecule is CN=C(NCCCc1nc(C)cs1)N1CCC(c2ccccc2)C1. The van der Waals surface area contributed by atoms with E-state index in [9.17, 15) is 0 Å². The van der Waals surface area contributed by atoms with Crippen molar-refractivity contribution in [2.45, 2.75) is 32.1 Å². The molecular formula is C19H26N4S. The summed E-state index contributed by atoms with van der Waals surface area (Å²) in [5.41, 5.74) is 2.57. The minimum Gasteiger partial charge on any atom is -0.356 e. The second-order valence-corrected chi connectivity index (χ2v) is 7.25. The fourth-order valence-electron chi connectivity index (χ4n) is 3.24. The van der Waals surface area contributed by atoms with E-state index in [0.29, 0.717) is 5.92 Å². The smallest absolute Gasteiger partial charge is 0.193 e. The lowest BCUT2D eigenvalue weighted by Crippen LogP contribution is -2.40. The van der Waals surface area contributed by atoms with E-state index < -0.39 is 0 Å². The number of thiazole rings is 1. The van der Waals surface area contributed by atoms with Gasteiger partial charge in [0.15, 0.2) is 5.96 Å². The van der Waals surface area contributed by atoms with Crippen molar-refractivity contribution in [3.8, 4) is 0 Å². The highest BCUT2D eigenvalue weighted by Gasteiger charge is 2.25. The van der Waals surface area contributed by atoms with Gasteiger partial charge in [-0.05, 0) is 25.3 Å². The average Bonchev–Trinajstić information content (AvgIpc) is 3.25. The third-order valence-electron chi connectivity index (χ3n) is 4.49. The molecule has 2 heterocycles. The molecule has 2 aromatic rings. The van der Waals surface area contributed by atoms with Crippen molar-refractivity contribution in [1.82, 2.24) is 15.2 Å². The molecule has 0 radical (unpaired) electrons. The summed E-state index contributed by atoms with van der Waals surface area (Å²) >= 11 is 1.76. The third-order valence-corrected chi connectivity index (χ3v) is 5.51. The zero-order valence-corrected chi connectivity index (χ0v) is 15.4. The van der Waals surface area contributed by atoms with Crippen LogP contribution in [0.25, 0.3) is 0 Å². The average molecular weight is 343 g/mol. The summed E-state index contributed by atoms with van der Waals surface area (Å²) in [4.78, 5) is 11.4. The van der Waals surface area contributed by atoms with Crippen molar-refractivity contribution < 1.29 is 0 Å². The van der Waals surface area contributed by atoms with E-state index in [1.54, 1.807) is 11.3 Å². The predicted octanol–water partition coefficient (Wildman–Crippen LogP) is 3.45. The zero-order chi connectivity index (χ0) is 16.8. The van der Waals surface area contributed by atoms with Crippen LogP contribution in [-0.4, -0.2) is 42.5 Å². The molecule has 1 N–H and O–H groups in total. The van der Waals surface area contributed by atoms with Gasteiger partial charge in [0.1, 0.15) is 0 Å². The molecule has 1 aromatic heterocycles. The minimum atomic E-state index is 0.614. The molecule has 1 unspecified atom stereocenters. The summed E-state index contributed by atoms with van der Waals surface area (Å²) in [7, 11) is 1.88. The Morgan fingerprint density at radius 2 is 2.21 bits per heavy atom. The number of guanidine groups is 1. The second kappa shape index (κ2) is 8.29. The van der Waals surface area contributed by atoms with Crippen LogP contribution < -0.4 is 5.32 Å². The Kier molecular flexibility index (Phi) is 5.86. The fourth-order valence-corrected chi connectivity index (χ4v) is 4.06. The van der Waals surface area contributed by atoms with Crippen LogP contribution in [-0.2, 0) is 6.42 Å². The van der Waals surface area contributed by atoms with Crippen molar-refractivity contribution in [1.29, 1.82) is 0 Å². The number of nitrogens with zero attached hydrogens (tertiary/aromatic N) is 3. The molecule has 0 amide bonds. The molecule has 1 atom stereocenters. The number of benzene rings is 1. The molecular weight excluding hydrogens is 316 g/mol. The van der Waals surface area contributed by atoms with Crippen LogP contribution in [0.5, 0.6) is 0 Å². The van der Waals surface area contributed by atoms with Crippen molar-refractivity contribution >= 4 is 17.3 Å². The van der Waals surface area contributed by atoms with Gasteiger partial charge in [0.2, 0.25) is 0 Å². The van der Waals surface area contributed by atoms with E-state index in [0.717, 1.165) is 44.1 Å². The van der Waals surface area contributed by atoms with Crippen LogP contribution in [0.4, 0.5) is 0 Å². The van der Waals surface area contributed by atoms with E-state index in [-0.39, 0.29) is 0 Å². The van der Waals surface area contributed by atoms with Gasteiger partial charge < -0.3 is 10.2 Å². The molecule has 1 aromatic carbocycles.